The summed E-state index contributed by atoms with van der Waals surface area (Å²) in [5.41, 5.74) is 1.62. The zero-order valence-corrected chi connectivity index (χ0v) is 16.8. The van der Waals surface area contributed by atoms with Crippen LogP contribution in [0.5, 0.6) is 0 Å². The number of hydrogen-bond donors (Lipinski definition) is 1. The zero-order valence-electron chi connectivity index (χ0n) is 16.8. The first-order valence-electron chi connectivity index (χ1n) is 9.56. The van der Waals surface area contributed by atoms with Crippen molar-refractivity contribution in [1.82, 2.24) is 5.32 Å². The molecule has 2 aromatic carbocycles. The monoisotopic (exact) mass is 395 g/mol. The van der Waals surface area contributed by atoms with E-state index in [9.17, 15) is 14.4 Å². The Morgan fingerprint density at radius 2 is 1.62 bits per heavy atom. The third kappa shape index (κ3) is 5.44. The molecular formula is C23H25NO5. The molecule has 0 bridgehead atoms. The summed E-state index contributed by atoms with van der Waals surface area (Å²) in [6.07, 6.45) is 0.497. The normalized spacial score (nSPS) is 18.4. The average Bonchev–Trinajstić information content (AvgIpc) is 2.68. The van der Waals surface area contributed by atoms with Crippen molar-refractivity contribution in [2.75, 3.05) is 0 Å². The van der Waals surface area contributed by atoms with E-state index in [2.05, 4.69) is 5.32 Å². The van der Waals surface area contributed by atoms with Crippen LogP contribution in [0, 0.1) is 5.92 Å². The molecule has 0 aliphatic carbocycles. The molecule has 0 saturated carbocycles. The Kier molecular flexibility index (Phi) is 6.01. The van der Waals surface area contributed by atoms with Gasteiger partial charge in [0.05, 0.1) is 11.5 Å². The largest absolute Gasteiger partial charge is 0.459 e. The number of amides is 1. The molecule has 1 aliphatic rings. The fraction of sp³-hybridized carbons (Fsp3) is 0.348. The second kappa shape index (κ2) is 8.47. The Morgan fingerprint density at radius 3 is 2.21 bits per heavy atom. The van der Waals surface area contributed by atoms with Gasteiger partial charge in [0.2, 0.25) is 5.91 Å². The Bertz CT molecular complexity index is 884. The van der Waals surface area contributed by atoms with Crippen molar-refractivity contribution in [2.24, 2.45) is 5.92 Å². The van der Waals surface area contributed by atoms with Gasteiger partial charge in [0.15, 0.2) is 0 Å². The minimum atomic E-state index is -0.635. The van der Waals surface area contributed by atoms with E-state index >= 15 is 0 Å². The molecule has 1 N–H and O–H groups in total. The molecule has 1 aliphatic heterocycles. The fourth-order valence-electron chi connectivity index (χ4n) is 3.04. The van der Waals surface area contributed by atoms with Crippen LogP contribution in [0.2, 0.25) is 0 Å². The molecule has 1 amide bonds. The molecule has 29 heavy (non-hydrogen) atoms. The molecule has 2 atom stereocenters. The highest BCUT2D eigenvalue weighted by molar-refractivity contribution is 5.97. The summed E-state index contributed by atoms with van der Waals surface area (Å²) in [6, 6.07) is 15.6. The highest BCUT2D eigenvalue weighted by atomic mass is 16.6. The van der Waals surface area contributed by atoms with Crippen molar-refractivity contribution in [2.45, 2.75) is 45.4 Å². The van der Waals surface area contributed by atoms with Gasteiger partial charge in [0.25, 0.3) is 0 Å². The van der Waals surface area contributed by atoms with Gasteiger partial charge in [-0.05, 0) is 50.5 Å². The van der Waals surface area contributed by atoms with Crippen LogP contribution in [0.1, 0.15) is 42.3 Å². The number of ether oxygens (including phenoxy) is 2. The highest BCUT2D eigenvalue weighted by Crippen LogP contribution is 2.22. The summed E-state index contributed by atoms with van der Waals surface area (Å²) >= 11 is 0. The van der Waals surface area contributed by atoms with E-state index in [-0.39, 0.29) is 12.5 Å². The first kappa shape index (κ1) is 20.6. The lowest BCUT2D eigenvalue weighted by Crippen LogP contribution is -2.63. The molecule has 3 rings (SSSR count). The molecule has 6 nitrogen and oxygen atoms in total. The first-order chi connectivity index (χ1) is 13.7. The predicted molar refractivity (Wildman–Crippen MR) is 107 cm³/mol. The van der Waals surface area contributed by atoms with Crippen LogP contribution in [-0.4, -0.2) is 29.5 Å². The molecule has 152 valence electrons. The van der Waals surface area contributed by atoms with Crippen LogP contribution in [0.4, 0.5) is 0 Å². The number of carbonyl (C=O) groups is 3. The van der Waals surface area contributed by atoms with E-state index in [4.69, 9.17) is 9.47 Å². The molecule has 0 radical (unpaired) electrons. The smallest absolute Gasteiger partial charge is 0.338 e. The van der Waals surface area contributed by atoms with Gasteiger partial charge in [-0.3, -0.25) is 4.79 Å². The van der Waals surface area contributed by atoms with Crippen molar-refractivity contribution in [1.29, 1.82) is 0 Å². The van der Waals surface area contributed by atoms with Crippen LogP contribution in [0.25, 0.3) is 0 Å². The number of rotatable bonds is 6. The molecule has 2 aromatic rings. The lowest BCUT2D eigenvalue weighted by atomic mass is 9.85. The van der Waals surface area contributed by atoms with Gasteiger partial charge in [0.1, 0.15) is 18.2 Å². The van der Waals surface area contributed by atoms with Crippen LogP contribution < -0.4 is 5.32 Å². The SMILES string of the molecule is CC(C)(C)OC(=O)c1ccc(COC(=O)[C@H]2NC(=O)[C@H]2Cc2ccccc2)cc1. The van der Waals surface area contributed by atoms with Gasteiger partial charge >= 0.3 is 11.9 Å². The maximum atomic E-state index is 12.4. The van der Waals surface area contributed by atoms with Gasteiger partial charge in [-0.2, -0.15) is 0 Å². The van der Waals surface area contributed by atoms with E-state index in [0.717, 1.165) is 11.1 Å². The Morgan fingerprint density at radius 1 is 0.966 bits per heavy atom. The Hall–Kier alpha value is -3.15. The standard InChI is InChI=1S/C23H25NO5/c1-23(2,3)29-21(26)17-11-9-16(10-12-17)14-28-22(27)19-18(20(25)24-19)13-15-7-5-4-6-8-15/h4-12,18-19H,13-14H2,1-3H3,(H,24,25)/t18-,19-/m0/s1. The summed E-state index contributed by atoms with van der Waals surface area (Å²) in [4.78, 5) is 36.3. The molecule has 1 saturated heterocycles. The minimum absolute atomic E-state index is 0.0673. The number of benzene rings is 2. The minimum Gasteiger partial charge on any atom is -0.459 e. The summed E-state index contributed by atoms with van der Waals surface area (Å²) in [5, 5.41) is 2.62. The highest BCUT2D eigenvalue weighted by Gasteiger charge is 2.44. The molecule has 0 unspecified atom stereocenters. The second-order valence-corrected chi connectivity index (χ2v) is 8.09. The van der Waals surface area contributed by atoms with E-state index in [1.54, 1.807) is 24.3 Å². The zero-order chi connectivity index (χ0) is 21.0. The lowest BCUT2D eigenvalue weighted by Gasteiger charge is -2.34. The van der Waals surface area contributed by atoms with Crippen molar-refractivity contribution < 1.29 is 23.9 Å². The molecule has 0 aromatic heterocycles. The fourth-order valence-corrected chi connectivity index (χ4v) is 3.04. The number of β-lactam (4-membered cyclic amide) rings is 1. The molecular weight excluding hydrogens is 370 g/mol. The first-order valence-corrected chi connectivity index (χ1v) is 9.56. The van der Waals surface area contributed by atoms with Crippen LogP contribution >= 0.6 is 0 Å². The quantitative estimate of drug-likeness (QED) is 0.601. The van der Waals surface area contributed by atoms with E-state index < -0.39 is 29.5 Å². The van der Waals surface area contributed by atoms with Gasteiger partial charge in [0, 0.05) is 0 Å². The maximum absolute atomic E-state index is 12.4. The number of esters is 2. The molecule has 6 heteroatoms. The van der Waals surface area contributed by atoms with Crippen molar-refractivity contribution >= 4 is 17.8 Å². The van der Waals surface area contributed by atoms with E-state index in [0.29, 0.717) is 12.0 Å². The lowest BCUT2D eigenvalue weighted by molar-refractivity contribution is -0.158. The number of nitrogens with one attached hydrogen (secondary N) is 1. The number of hydrogen-bond acceptors (Lipinski definition) is 5. The third-order valence-corrected chi connectivity index (χ3v) is 4.56. The summed E-state index contributed by atoms with van der Waals surface area (Å²) in [7, 11) is 0. The summed E-state index contributed by atoms with van der Waals surface area (Å²) in [6.45, 7) is 5.49. The average molecular weight is 395 g/mol. The summed E-state index contributed by atoms with van der Waals surface area (Å²) in [5.74, 6) is -1.42. The number of carbonyl (C=O) groups excluding carboxylic acids is 3. The van der Waals surface area contributed by atoms with Gasteiger partial charge in [-0.1, -0.05) is 42.5 Å². The van der Waals surface area contributed by atoms with Crippen LogP contribution in [-0.2, 0) is 32.1 Å². The van der Waals surface area contributed by atoms with E-state index in [1.165, 1.54) is 0 Å². The topological polar surface area (TPSA) is 81.7 Å². The molecule has 1 fully saturated rings. The maximum Gasteiger partial charge on any atom is 0.338 e. The third-order valence-electron chi connectivity index (χ3n) is 4.56. The Balaban J connectivity index is 1.52. The second-order valence-electron chi connectivity index (χ2n) is 8.09. The Labute approximate surface area is 170 Å². The van der Waals surface area contributed by atoms with E-state index in [1.807, 2.05) is 51.1 Å². The van der Waals surface area contributed by atoms with Crippen LogP contribution in [0.15, 0.2) is 54.6 Å². The van der Waals surface area contributed by atoms with Crippen LogP contribution in [0.3, 0.4) is 0 Å². The van der Waals surface area contributed by atoms with Gasteiger partial charge < -0.3 is 14.8 Å². The van der Waals surface area contributed by atoms with Crippen molar-refractivity contribution in [3.05, 3.63) is 71.3 Å². The van der Waals surface area contributed by atoms with Gasteiger partial charge in [-0.25, -0.2) is 9.59 Å². The molecule has 1 heterocycles. The van der Waals surface area contributed by atoms with Crippen molar-refractivity contribution in [3.63, 3.8) is 0 Å². The van der Waals surface area contributed by atoms with Gasteiger partial charge in [-0.15, -0.1) is 0 Å². The summed E-state index contributed by atoms with van der Waals surface area (Å²) < 4.78 is 10.7. The van der Waals surface area contributed by atoms with Crippen molar-refractivity contribution in [3.8, 4) is 0 Å². The predicted octanol–water partition coefficient (Wildman–Crippen LogP) is 3.04. The molecule has 0 spiro atoms.